The SMILES string of the molecule is C[C@@H](NC(=O)[C@@H]1C[C@@H](OC(F)F)CN1C(=O)CNC(=O)c1ccc2c(c1)-c1ccccc1C2(F)F)c1cc2cnccc2s1. The molecule has 0 bridgehead atoms. The Morgan fingerprint density at radius 3 is 2.64 bits per heavy atom. The third kappa shape index (κ3) is 5.52. The molecule has 3 heterocycles. The Morgan fingerprint density at radius 2 is 1.86 bits per heavy atom. The second-order valence-electron chi connectivity index (χ2n) is 10.7. The molecule has 228 valence electrons. The highest BCUT2D eigenvalue weighted by Gasteiger charge is 2.44. The molecular formula is C31H26F4N4O4S. The first-order chi connectivity index (χ1) is 21.0. The van der Waals surface area contributed by atoms with Crippen LogP contribution >= 0.6 is 11.3 Å². The number of halogens is 4. The van der Waals surface area contributed by atoms with E-state index in [9.17, 15) is 31.9 Å². The van der Waals surface area contributed by atoms with Gasteiger partial charge in [-0.3, -0.25) is 19.4 Å². The van der Waals surface area contributed by atoms with Crippen molar-refractivity contribution in [2.45, 2.75) is 44.1 Å². The van der Waals surface area contributed by atoms with Crippen LogP contribution in [0.2, 0.25) is 0 Å². The third-order valence-corrected chi connectivity index (χ3v) is 9.18. The molecular weight excluding hydrogens is 600 g/mol. The molecule has 4 aromatic rings. The summed E-state index contributed by atoms with van der Waals surface area (Å²) in [5, 5.41) is 6.23. The van der Waals surface area contributed by atoms with Crippen molar-refractivity contribution >= 4 is 39.1 Å². The van der Waals surface area contributed by atoms with E-state index in [0.29, 0.717) is 5.56 Å². The molecule has 8 nitrogen and oxygen atoms in total. The zero-order valence-corrected chi connectivity index (χ0v) is 24.0. The monoisotopic (exact) mass is 626 g/mol. The summed E-state index contributed by atoms with van der Waals surface area (Å²) < 4.78 is 61.4. The van der Waals surface area contributed by atoms with Crippen molar-refractivity contribution in [2.75, 3.05) is 13.1 Å². The summed E-state index contributed by atoms with van der Waals surface area (Å²) in [6.07, 6.45) is 2.13. The first-order valence-corrected chi connectivity index (χ1v) is 14.6. The number of pyridine rings is 1. The molecule has 1 saturated heterocycles. The normalized spacial score (nSPS) is 19.1. The van der Waals surface area contributed by atoms with Crippen molar-refractivity contribution in [1.29, 1.82) is 0 Å². The summed E-state index contributed by atoms with van der Waals surface area (Å²) in [5.41, 5.74) is 0.225. The lowest BCUT2D eigenvalue weighted by atomic mass is 10.0. The van der Waals surface area contributed by atoms with Crippen molar-refractivity contribution in [3.05, 3.63) is 88.6 Å². The molecule has 2 aromatic carbocycles. The highest BCUT2D eigenvalue weighted by molar-refractivity contribution is 7.19. The number of hydrogen-bond acceptors (Lipinski definition) is 6. The number of nitrogens with zero attached hydrogens (tertiary/aromatic N) is 2. The van der Waals surface area contributed by atoms with E-state index in [-0.39, 0.29) is 35.2 Å². The number of fused-ring (bicyclic) bond motifs is 4. The predicted molar refractivity (Wildman–Crippen MR) is 154 cm³/mol. The molecule has 1 aliphatic carbocycles. The second-order valence-corrected chi connectivity index (χ2v) is 11.8. The molecule has 2 aromatic heterocycles. The molecule has 1 fully saturated rings. The van der Waals surface area contributed by atoms with Crippen LogP contribution in [0.5, 0.6) is 0 Å². The molecule has 0 unspecified atom stereocenters. The maximum Gasteiger partial charge on any atom is 0.345 e. The van der Waals surface area contributed by atoms with Crippen LogP contribution < -0.4 is 10.6 Å². The number of thiophene rings is 1. The predicted octanol–water partition coefficient (Wildman–Crippen LogP) is 5.23. The molecule has 6 rings (SSSR count). The number of carbonyl (C=O) groups excluding carboxylic acids is 3. The van der Waals surface area contributed by atoms with Crippen LogP contribution in [0.25, 0.3) is 21.2 Å². The number of aromatic nitrogens is 1. The summed E-state index contributed by atoms with van der Waals surface area (Å²) in [5.74, 6) is -5.13. The van der Waals surface area contributed by atoms with Gasteiger partial charge >= 0.3 is 6.61 Å². The van der Waals surface area contributed by atoms with Gasteiger partial charge in [-0.15, -0.1) is 11.3 Å². The molecule has 3 atom stereocenters. The van der Waals surface area contributed by atoms with Gasteiger partial charge in [-0.05, 0) is 42.3 Å². The van der Waals surface area contributed by atoms with E-state index in [0.717, 1.165) is 19.9 Å². The van der Waals surface area contributed by atoms with Crippen molar-refractivity contribution in [2.24, 2.45) is 0 Å². The number of ether oxygens (including phenoxy) is 1. The van der Waals surface area contributed by atoms with Gasteiger partial charge in [0.15, 0.2) is 0 Å². The van der Waals surface area contributed by atoms with Crippen molar-refractivity contribution < 1.29 is 36.7 Å². The molecule has 0 spiro atoms. The van der Waals surface area contributed by atoms with Crippen LogP contribution in [0, 0.1) is 0 Å². The van der Waals surface area contributed by atoms with Crippen LogP contribution in [-0.2, 0) is 20.2 Å². The minimum absolute atomic E-state index is 0.0611. The first-order valence-electron chi connectivity index (χ1n) is 13.8. The Hall–Kier alpha value is -4.36. The van der Waals surface area contributed by atoms with Gasteiger partial charge in [0.05, 0.1) is 18.7 Å². The topological polar surface area (TPSA) is 101 Å². The lowest BCUT2D eigenvalue weighted by molar-refractivity contribution is -0.160. The number of likely N-dealkylation sites (tertiary alicyclic amines) is 1. The fraction of sp³-hybridized carbons (Fsp3) is 0.290. The van der Waals surface area contributed by atoms with Gasteiger partial charge in [0, 0.05) is 57.0 Å². The van der Waals surface area contributed by atoms with Crippen LogP contribution in [0.15, 0.2) is 67.0 Å². The summed E-state index contributed by atoms with van der Waals surface area (Å²) in [7, 11) is 0. The van der Waals surface area contributed by atoms with Crippen LogP contribution in [-0.4, -0.2) is 59.5 Å². The number of rotatable bonds is 8. The zero-order chi connectivity index (χ0) is 31.2. The van der Waals surface area contributed by atoms with E-state index in [4.69, 9.17) is 0 Å². The smallest absolute Gasteiger partial charge is 0.345 e. The fourth-order valence-corrected chi connectivity index (χ4v) is 6.78. The maximum atomic E-state index is 14.9. The van der Waals surface area contributed by atoms with E-state index < -0.39 is 55.0 Å². The molecule has 3 amide bonds. The van der Waals surface area contributed by atoms with Crippen LogP contribution in [0.4, 0.5) is 17.6 Å². The summed E-state index contributed by atoms with van der Waals surface area (Å²) in [6, 6.07) is 12.0. The van der Waals surface area contributed by atoms with Crippen molar-refractivity contribution in [3.63, 3.8) is 0 Å². The number of hydrogen-bond donors (Lipinski definition) is 2. The van der Waals surface area contributed by atoms with Crippen LogP contribution in [0.1, 0.15) is 45.7 Å². The van der Waals surface area contributed by atoms with Gasteiger partial charge < -0.3 is 20.3 Å². The lowest BCUT2D eigenvalue weighted by Gasteiger charge is -2.25. The van der Waals surface area contributed by atoms with Gasteiger partial charge in [0.2, 0.25) is 11.8 Å². The second kappa shape index (κ2) is 11.6. The quantitative estimate of drug-likeness (QED) is 0.261. The highest BCUT2D eigenvalue weighted by atomic mass is 32.1. The number of amides is 3. The summed E-state index contributed by atoms with van der Waals surface area (Å²) >= 11 is 1.47. The van der Waals surface area contributed by atoms with E-state index in [1.165, 1.54) is 41.7 Å². The molecule has 1 aliphatic heterocycles. The van der Waals surface area contributed by atoms with Gasteiger partial charge in [0.1, 0.15) is 6.04 Å². The number of nitrogens with one attached hydrogen (secondary N) is 2. The number of benzene rings is 2. The fourth-order valence-electron chi connectivity index (χ4n) is 5.74. The average molecular weight is 627 g/mol. The number of alkyl halides is 4. The molecule has 2 N–H and O–H groups in total. The first kappa shape index (κ1) is 29.7. The minimum atomic E-state index is -3.20. The standard InChI is InChI=1S/C31H26F4N4O4S/c1-16(26-11-18-13-36-9-8-25(18)44-26)38-29(42)24-12-19(43-30(32)33)15-39(24)27(40)14-37-28(41)17-6-7-23-21(10-17)20-4-2-3-5-22(20)31(23,34)35/h2-11,13,16,19,24,30H,12,14-15H2,1H3,(H,37,41)(H,38,42)/t16-,19-,24+/m1/s1. The maximum absolute atomic E-state index is 14.9. The molecule has 2 aliphatic rings. The van der Waals surface area contributed by atoms with Crippen molar-refractivity contribution in [1.82, 2.24) is 20.5 Å². The number of carbonyl (C=O) groups is 3. The average Bonchev–Trinajstić information content (AvgIpc) is 3.69. The Labute approximate surface area is 253 Å². The largest absolute Gasteiger partial charge is 0.347 e. The van der Waals surface area contributed by atoms with Gasteiger partial charge in [-0.25, -0.2) is 0 Å². The molecule has 44 heavy (non-hydrogen) atoms. The lowest BCUT2D eigenvalue weighted by Crippen LogP contribution is -2.49. The Morgan fingerprint density at radius 1 is 1.09 bits per heavy atom. The van der Waals surface area contributed by atoms with Crippen molar-refractivity contribution in [3.8, 4) is 11.1 Å². The molecule has 0 saturated carbocycles. The molecule has 13 heteroatoms. The van der Waals surface area contributed by atoms with E-state index in [1.54, 1.807) is 31.5 Å². The van der Waals surface area contributed by atoms with Gasteiger partial charge in [0.25, 0.3) is 11.8 Å². The Kier molecular flexibility index (Phi) is 7.84. The summed E-state index contributed by atoms with van der Waals surface area (Å²) in [4.78, 5) is 45.5. The van der Waals surface area contributed by atoms with Gasteiger partial charge in [-0.1, -0.05) is 30.3 Å². The third-order valence-electron chi connectivity index (χ3n) is 7.88. The highest BCUT2D eigenvalue weighted by Crippen LogP contribution is 2.50. The minimum Gasteiger partial charge on any atom is -0.347 e. The van der Waals surface area contributed by atoms with Crippen LogP contribution in [0.3, 0.4) is 0 Å². The Balaban J connectivity index is 1.14. The summed E-state index contributed by atoms with van der Waals surface area (Å²) in [6.45, 7) is -2.14. The zero-order valence-electron chi connectivity index (χ0n) is 23.2. The molecule has 0 radical (unpaired) electrons. The Bertz CT molecular complexity index is 1730. The van der Waals surface area contributed by atoms with E-state index in [2.05, 4.69) is 20.4 Å². The van der Waals surface area contributed by atoms with E-state index in [1.807, 2.05) is 12.1 Å². The van der Waals surface area contributed by atoms with Gasteiger partial charge in [-0.2, -0.15) is 17.6 Å². The van der Waals surface area contributed by atoms with E-state index >= 15 is 0 Å².